The molecule has 2 fully saturated rings. The molecular weight excluding hydrogens is 648 g/mol. The van der Waals surface area contributed by atoms with Gasteiger partial charge in [0.2, 0.25) is 11.8 Å². The molecule has 3 amide bonds. The van der Waals surface area contributed by atoms with Crippen LogP contribution in [0, 0.1) is 11.8 Å². The number of nitrogens with zero attached hydrogens (tertiary/aromatic N) is 3. The number of pyridine rings is 1. The van der Waals surface area contributed by atoms with E-state index in [9.17, 15) is 19.2 Å². The van der Waals surface area contributed by atoms with Gasteiger partial charge in [-0.2, -0.15) is 0 Å². The normalized spacial score (nSPS) is 17.7. The Hall–Kier alpha value is -4.15. The summed E-state index contributed by atoms with van der Waals surface area (Å²) in [7, 11) is 0. The van der Waals surface area contributed by atoms with Gasteiger partial charge in [-0.3, -0.25) is 19.4 Å². The third kappa shape index (κ3) is 12.8. The summed E-state index contributed by atoms with van der Waals surface area (Å²) in [5.74, 6) is 0.191. The fourth-order valence-corrected chi connectivity index (χ4v) is 6.50. The van der Waals surface area contributed by atoms with Crippen molar-refractivity contribution >= 4 is 23.9 Å². The summed E-state index contributed by atoms with van der Waals surface area (Å²) in [6.45, 7) is 16.0. The van der Waals surface area contributed by atoms with Gasteiger partial charge in [0.05, 0.1) is 25.0 Å². The molecule has 0 aliphatic carbocycles. The van der Waals surface area contributed by atoms with E-state index in [1.807, 2.05) is 76.8 Å². The van der Waals surface area contributed by atoms with E-state index in [2.05, 4.69) is 17.2 Å². The highest BCUT2D eigenvalue weighted by atomic mass is 16.6. The molecule has 2 atom stereocenters. The van der Waals surface area contributed by atoms with Crippen LogP contribution in [0.3, 0.4) is 0 Å². The molecule has 0 saturated carbocycles. The quantitative estimate of drug-likeness (QED) is 0.232. The zero-order valence-corrected chi connectivity index (χ0v) is 31.7. The van der Waals surface area contributed by atoms with Crippen LogP contribution in [-0.2, 0) is 23.9 Å². The fourth-order valence-electron chi connectivity index (χ4n) is 6.50. The summed E-state index contributed by atoms with van der Waals surface area (Å²) in [5, 5.41) is 3.12. The standard InChI is InChI=1S/C40H58N4O7/c1-8-22-49-33-14-12-29(13-15-33)31-23-32(26-41-25-31)34(24-36(46)50-39(2,3)4)42-37(47)30-10-9-19-44(27-30)35(45)16-11-28-17-20-43(21-18-28)38(48)51-40(5,6)7/h12-15,23,25-26,28,30,34H,8-11,16-22,24,27H2,1-7H3,(H,42,47)/t30-,34+/m1/s1. The first-order valence-corrected chi connectivity index (χ1v) is 18.6. The summed E-state index contributed by atoms with van der Waals surface area (Å²) in [5.41, 5.74) is 1.28. The van der Waals surface area contributed by atoms with Crippen LogP contribution in [0.25, 0.3) is 11.1 Å². The molecule has 51 heavy (non-hydrogen) atoms. The molecule has 2 saturated heterocycles. The molecule has 1 N–H and O–H groups in total. The average Bonchev–Trinajstić information content (AvgIpc) is 3.08. The van der Waals surface area contributed by atoms with Crippen LogP contribution in [0.5, 0.6) is 5.75 Å². The van der Waals surface area contributed by atoms with Crippen LogP contribution >= 0.6 is 0 Å². The zero-order chi connectivity index (χ0) is 37.2. The minimum atomic E-state index is -0.674. The van der Waals surface area contributed by atoms with Gasteiger partial charge in [0.1, 0.15) is 17.0 Å². The topological polar surface area (TPSA) is 127 Å². The first kappa shape index (κ1) is 39.6. The summed E-state index contributed by atoms with van der Waals surface area (Å²) >= 11 is 0. The molecule has 11 nitrogen and oxygen atoms in total. The maximum absolute atomic E-state index is 13.8. The van der Waals surface area contributed by atoms with Crippen molar-refractivity contribution in [1.29, 1.82) is 0 Å². The Morgan fingerprint density at radius 1 is 0.882 bits per heavy atom. The van der Waals surface area contributed by atoms with Gasteiger partial charge in [-0.15, -0.1) is 0 Å². The number of hydrogen-bond acceptors (Lipinski definition) is 8. The second-order valence-electron chi connectivity index (χ2n) is 15.9. The Morgan fingerprint density at radius 2 is 1.57 bits per heavy atom. The number of carbonyl (C=O) groups is 4. The molecule has 2 aromatic rings. The Kier molecular flexibility index (Phi) is 13.9. The predicted octanol–water partition coefficient (Wildman–Crippen LogP) is 7.09. The lowest BCUT2D eigenvalue weighted by molar-refractivity contribution is -0.155. The van der Waals surface area contributed by atoms with Crippen molar-refractivity contribution in [1.82, 2.24) is 20.1 Å². The summed E-state index contributed by atoms with van der Waals surface area (Å²) < 4.78 is 16.9. The molecule has 0 unspecified atom stereocenters. The van der Waals surface area contributed by atoms with Crippen molar-refractivity contribution in [2.24, 2.45) is 11.8 Å². The lowest BCUT2D eigenvalue weighted by Gasteiger charge is -2.35. The summed E-state index contributed by atoms with van der Waals surface area (Å²) in [6.07, 6.45) is 8.24. The number of nitrogens with one attached hydrogen (secondary N) is 1. The molecule has 1 aromatic heterocycles. The lowest BCUT2D eigenvalue weighted by atomic mass is 9.91. The number of aromatic nitrogens is 1. The third-order valence-corrected chi connectivity index (χ3v) is 9.11. The fraction of sp³-hybridized carbons (Fsp3) is 0.625. The van der Waals surface area contributed by atoms with E-state index >= 15 is 0 Å². The molecule has 1 aromatic carbocycles. The van der Waals surface area contributed by atoms with Crippen LogP contribution in [0.15, 0.2) is 42.7 Å². The first-order valence-electron chi connectivity index (χ1n) is 18.6. The number of carbonyl (C=O) groups excluding carboxylic acids is 4. The predicted molar refractivity (Wildman–Crippen MR) is 196 cm³/mol. The van der Waals surface area contributed by atoms with Gasteiger partial charge < -0.3 is 29.3 Å². The minimum absolute atomic E-state index is 0.0513. The Bertz CT molecular complexity index is 1470. The van der Waals surface area contributed by atoms with Crippen molar-refractivity contribution in [3.63, 3.8) is 0 Å². The van der Waals surface area contributed by atoms with Crippen molar-refractivity contribution in [3.05, 3.63) is 48.3 Å². The number of likely N-dealkylation sites (tertiary alicyclic amines) is 2. The minimum Gasteiger partial charge on any atom is -0.494 e. The number of ether oxygens (including phenoxy) is 3. The SMILES string of the molecule is CCCOc1ccc(-c2cncc([C@H](CC(=O)OC(C)(C)C)NC(=O)[C@@H]3CCCN(C(=O)CCC4CCN(C(=O)OC(C)(C)C)CC4)C3)c2)cc1. The highest BCUT2D eigenvalue weighted by Crippen LogP contribution is 2.29. The Balaban J connectivity index is 1.37. The molecule has 4 rings (SSSR count). The number of esters is 1. The molecular formula is C40H58N4O7. The van der Waals surface area contributed by atoms with Crippen molar-refractivity contribution in [3.8, 4) is 16.9 Å². The van der Waals surface area contributed by atoms with E-state index in [4.69, 9.17) is 14.2 Å². The van der Waals surface area contributed by atoms with Gasteiger partial charge in [0, 0.05) is 50.6 Å². The van der Waals surface area contributed by atoms with Gasteiger partial charge in [-0.25, -0.2) is 4.79 Å². The van der Waals surface area contributed by atoms with E-state index in [1.165, 1.54) is 0 Å². The Morgan fingerprint density at radius 3 is 2.22 bits per heavy atom. The van der Waals surface area contributed by atoms with Crippen molar-refractivity contribution < 1.29 is 33.4 Å². The van der Waals surface area contributed by atoms with E-state index in [0.717, 1.165) is 49.0 Å². The van der Waals surface area contributed by atoms with Crippen molar-refractivity contribution in [2.75, 3.05) is 32.8 Å². The highest BCUT2D eigenvalue weighted by Gasteiger charge is 2.32. The number of amides is 3. The van der Waals surface area contributed by atoms with Gasteiger partial charge in [-0.05, 0) is 115 Å². The maximum atomic E-state index is 13.8. The second kappa shape index (κ2) is 17.9. The van der Waals surface area contributed by atoms with Gasteiger partial charge in [-0.1, -0.05) is 19.1 Å². The molecule has 0 bridgehead atoms. The Labute approximate surface area is 303 Å². The molecule has 0 spiro atoms. The number of rotatable bonds is 12. The summed E-state index contributed by atoms with van der Waals surface area (Å²) in [4.78, 5) is 60.6. The van der Waals surface area contributed by atoms with E-state index in [1.54, 1.807) is 17.3 Å². The lowest BCUT2D eigenvalue weighted by Crippen LogP contribution is -2.46. The van der Waals surface area contributed by atoms with Crippen molar-refractivity contribution in [2.45, 2.75) is 117 Å². The first-order chi connectivity index (χ1) is 24.1. The maximum Gasteiger partial charge on any atom is 0.410 e. The summed E-state index contributed by atoms with van der Waals surface area (Å²) in [6, 6.07) is 9.05. The van der Waals surface area contributed by atoms with Crippen LogP contribution in [0.2, 0.25) is 0 Å². The van der Waals surface area contributed by atoms with Gasteiger partial charge in [0.15, 0.2) is 0 Å². The highest BCUT2D eigenvalue weighted by molar-refractivity contribution is 5.82. The smallest absolute Gasteiger partial charge is 0.410 e. The molecule has 2 aliphatic heterocycles. The second-order valence-corrected chi connectivity index (χ2v) is 15.9. The van der Waals surface area contributed by atoms with Gasteiger partial charge >= 0.3 is 12.1 Å². The van der Waals surface area contributed by atoms with E-state index < -0.39 is 29.1 Å². The third-order valence-electron chi connectivity index (χ3n) is 9.11. The molecule has 2 aliphatic rings. The largest absolute Gasteiger partial charge is 0.494 e. The van der Waals surface area contributed by atoms with Crippen LogP contribution in [-0.4, -0.2) is 82.6 Å². The number of benzene rings is 1. The average molecular weight is 707 g/mol. The number of piperidine rings is 2. The molecule has 280 valence electrons. The zero-order valence-electron chi connectivity index (χ0n) is 31.7. The van der Waals surface area contributed by atoms with E-state index in [0.29, 0.717) is 57.1 Å². The molecule has 3 heterocycles. The van der Waals surface area contributed by atoms with Crippen LogP contribution < -0.4 is 10.1 Å². The molecule has 0 radical (unpaired) electrons. The number of hydrogen-bond donors (Lipinski definition) is 1. The van der Waals surface area contributed by atoms with E-state index in [-0.39, 0.29) is 24.3 Å². The molecule has 11 heteroatoms. The van der Waals surface area contributed by atoms with Gasteiger partial charge in [0.25, 0.3) is 0 Å². The monoisotopic (exact) mass is 706 g/mol. The van der Waals surface area contributed by atoms with Crippen LogP contribution in [0.4, 0.5) is 4.79 Å². The van der Waals surface area contributed by atoms with Crippen LogP contribution in [0.1, 0.15) is 111 Å².